The Morgan fingerprint density at radius 3 is 2.38 bits per heavy atom. The Bertz CT molecular complexity index is 2450. The number of aliphatic hydroxyl groups is 1. The lowest BCUT2D eigenvalue weighted by Crippen LogP contribution is -2.70. The number of nitrogens with one attached hydrogen (secondary N) is 1. The van der Waals surface area contributed by atoms with Crippen LogP contribution in [0.25, 0.3) is 10.8 Å². The van der Waals surface area contributed by atoms with Gasteiger partial charge in [0.15, 0.2) is 29.4 Å². The average molecular weight is 863 g/mol. The number of hydrogen-bond donors (Lipinski definition) is 3. The van der Waals surface area contributed by atoms with Crippen molar-refractivity contribution in [3.8, 4) is 0 Å². The van der Waals surface area contributed by atoms with Crippen molar-refractivity contribution in [1.82, 2.24) is 0 Å². The number of rotatable bonds is 12. The molecule has 0 aromatic heterocycles. The lowest BCUT2D eigenvalue weighted by Gasteiger charge is -2.62. The van der Waals surface area contributed by atoms with Crippen LogP contribution in [0, 0.1) is 34.5 Å². The average Bonchev–Trinajstić information content (AvgIpc) is 3.96. The molecule has 3 aromatic carbocycles. The molecule has 12 nitrogen and oxygen atoms in total. The first kappa shape index (κ1) is 43.2. The molecule has 3 unspecified atom stereocenters. The molecule has 0 spiro atoms. The van der Waals surface area contributed by atoms with E-state index >= 15 is 4.39 Å². The van der Waals surface area contributed by atoms with Crippen LogP contribution in [0.1, 0.15) is 76.8 Å². The zero-order valence-corrected chi connectivity index (χ0v) is 36.1. The number of anilines is 1. The molecule has 1 amide bonds. The fourth-order valence-electron chi connectivity index (χ4n) is 12.1. The van der Waals surface area contributed by atoms with Gasteiger partial charge in [0.2, 0.25) is 11.7 Å². The number of benzene rings is 3. The second kappa shape index (κ2) is 15.6. The fraction of sp³-hybridized carbons (Fsp3) is 0.500. The Kier molecular flexibility index (Phi) is 10.7. The number of nitrogens with two attached hydrogens (primary N) is 1. The predicted molar refractivity (Wildman–Crippen MR) is 230 cm³/mol. The van der Waals surface area contributed by atoms with E-state index in [0.29, 0.717) is 36.9 Å². The molecule has 1 heterocycles. The molecule has 6 aliphatic rings. The normalized spacial score (nSPS) is 35.0. The highest BCUT2D eigenvalue weighted by molar-refractivity contribution is 6.01. The van der Waals surface area contributed by atoms with Crippen LogP contribution in [0.2, 0.25) is 0 Å². The standard InChI is InChI=1S/C50H55FN2O10/c1-46(2)62-42-24-39-38-16-14-32-22-34(54)17-19-47(32,3)49(38,51)40(55)25-48(39,4)50(42,63-46)41(56)27-61-45(59)36-23-35(36)44(58)60-20-18-28-9-11-30(12-10-28)37(26-52)43(57)53-33-15-13-29-7-5-6-8-31(29)21-33/h5-13,15,17,19,21-22,35-40,42,55H,14,16,18,20,23-27,52H2,1-4H3,(H,53,57)/t35?,36?,37?,38-,39-,40-,42+,47-,48-,49-,50+/m0/s1. The van der Waals surface area contributed by atoms with E-state index in [1.165, 1.54) is 12.2 Å². The molecule has 63 heavy (non-hydrogen) atoms. The number of amides is 1. The van der Waals surface area contributed by atoms with Crippen LogP contribution in [0.5, 0.6) is 0 Å². The molecule has 4 N–H and O–H groups in total. The van der Waals surface area contributed by atoms with Crippen LogP contribution in [0.4, 0.5) is 10.1 Å². The molecule has 332 valence electrons. The van der Waals surface area contributed by atoms with Gasteiger partial charge in [-0.2, -0.15) is 0 Å². The van der Waals surface area contributed by atoms with Crippen molar-refractivity contribution in [3.63, 3.8) is 0 Å². The molecule has 1 saturated heterocycles. The number of alkyl halides is 1. The fourth-order valence-corrected chi connectivity index (χ4v) is 12.1. The quantitative estimate of drug-likeness (QED) is 0.176. The number of carbonyl (C=O) groups excluding carboxylic acids is 5. The summed E-state index contributed by atoms with van der Waals surface area (Å²) >= 11 is 0. The number of esters is 2. The summed E-state index contributed by atoms with van der Waals surface area (Å²) in [4.78, 5) is 66.2. The van der Waals surface area contributed by atoms with Crippen LogP contribution in [0.15, 0.2) is 90.5 Å². The lowest BCUT2D eigenvalue weighted by molar-refractivity contribution is -0.246. The highest BCUT2D eigenvalue weighted by Gasteiger charge is 2.80. The van der Waals surface area contributed by atoms with Gasteiger partial charge in [-0.3, -0.25) is 24.0 Å². The maximum atomic E-state index is 17.8. The van der Waals surface area contributed by atoms with Crippen molar-refractivity contribution in [2.75, 3.05) is 25.1 Å². The minimum Gasteiger partial charge on any atom is -0.465 e. The number of halogens is 1. The first-order chi connectivity index (χ1) is 29.9. The Morgan fingerprint density at radius 1 is 0.937 bits per heavy atom. The maximum absolute atomic E-state index is 17.8. The van der Waals surface area contributed by atoms with Crippen LogP contribution in [-0.2, 0) is 49.3 Å². The molecule has 0 bridgehead atoms. The van der Waals surface area contributed by atoms with Crippen molar-refractivity contribution in [3.05, 3.63) is 102 Å². The van der Waals surface area contributed by atoms with E-state index in [1.807, 2.05) is 73.7 Å². The summed E-state index contributed by atoms with van der Waals surface area (Å²) in [5.74, 6) is -6.48. The van der Waals surface area contributed by atoms with Crippen molar-refractivity contribution in [2.24, 2.45) is 40.2 Å². The Labute approximate surface area is 365 Å². The molecule has 1 aliphatic heterocycles. The number of ether oxygens (including phenoxy) is 4. The maximum Gasteiger partial charge on any atom is 0.310 e. The summed E-state index contributed by atoms with van der Waals surface area (Å²) in [6.07, 6.45) is 3.85. The van der Waals surface area contributed by atoms with E-state index in [-0.39, 0.29) is 37.7 Å². The summed E-state index contributed by atoms with van der Waals surface area (Å²) in [6, 6.07) is 21.0. The van der Waals surface area contributed by atoms with Gasteiger partial charge in [0.25, 0.3) is 0 Å². The summed E-state index contributed by atoms with van der Waals surface area (Å²) < 4.78 is 41.8. The van der Waals surface area contributed by atoms with Crippen molar-refractivity contribution < 1.29 is 52.4 Å². The van der Waals surface area contributed by atoms with Crippen LogP contribution in [-0.4, -0.2) is 83.5 Å². The third-order valence-electron chi connectivity index (χ3n) is 15.4. The van der Waals surface area contributed by atoms with Crippen LogP contribution >= 0.6 is 0 Å². The van der Waals surface area contributed by atoms with Gasteiger partial charge < -0.3 is 35.1 Å². The number of allylic oxidation sites excluding steroid dienone is 4. The van der Waals surface area contributed by atoms with E-state index < -0.39 is 94.0 Å². The zero-order valence-electron chi connectivity index (χ0n) is 36.1. The van der Waals surface area contributed by atoms with Gasteiger partial charge in [0.05, 0.1) is 36.6 Å². The van der Waals surface area contributed by atoms with Gasteiger partial charge in [0, 0.05) is 35.4 Å². The van der Waals surface area contributed by atoms with E-state index in [9.17, 15) is 29.1 Å². The monoisotopic (exact) mass is 862 g/mol. The van der Waals surface area contributed by atoms with E-state index in [1.54, 1.807) is 26.8 Å². The van der Waals surface area contributed by atoms with Crippen molar-refractivity contribution in [2.45, 2.75) is 101 Å². The summed E-state index contributed by atoms with van der Waals surface area (Å²) in [6.45, 7) is 6.55. The van der Waals surface area contributed by atoms with Gasteiger partial charge in [0.1, 0.15) is 0 Å². The molecule has 9 rings (SSSR count). The molecule has 0 radical (unpaired) electrons. The van der Waals surface area contributed by atoms with Crippen LogP contribution in [0.3, 0.4) is 0 Å². The highest BCUT2D eigenvalue weighted by Crippen LogP contribution is 2.72. The van der Waals surface area contributed by atoms with Gasteiger partial charge in [-0.1, -0.05) is 73.2 Å². The molecular weight excluding hydrogens is 808 g/mol. The molecule has 5 fully saturated rings. The number of carbonyl (C=O) groups is 5. The number of aliphatic hydroxyl groups excluding tert-OH is 1. The predicted octanol–water partition coefficient (Wildman–Crippen LogP) is 6.23. The zero-order chi connectivity index (χ0) is 44.7. The van der Waals surface area contributed by atoms with Gasteiger partial charge in [-0.05, 0) is 105 Å². The Morgan fingerprint density at radius 2 is 1.65 bits per heavy atom. The number of ketones is 2. The van der Waals surface area contributed by atoms with E-state index in [4.69, 9.17) is 24.7 Å². The highest BCUT2D eigenvalue weighted by atomic mass is 19.1. The summed E-state index contributed by atoms with van der Waals surface area (Å²) in [7, 11) is 0. The minimum absolute atomic E-state index is 0.0760. The summed E-state index contributed by atoms with van der Waals surface area (Å²) in [5.41, 5.74) is 3.01. The van der Waals surface area contributed by atoms with Gasteiger partial charge in [-0.15, -0.1) is 0 Å². The van der Waals surface area contributed by atoms with E-state index in [2.05, 4.69) is 5.32 Å². The smallest absolute Gasteiger partial charge is 0.310 e. The topological polar surface area (TPSA) is 181 Å². The Balaban J connectivity index is 0.784. The van der Waals surface area contributed by atoms with E-state index in [0.717, 1.165) is 21.9 Å². The first-order valence-electron chi connectivity index (χ1n) is 22.1. The first-order valence-corrected chi connectivity index (χ1v) is 22.1. The second-order valence-electron chi connectivity index (χ2n) is 19.3. The van der Waals surface area contributed by atoms with Crippen molar-refractivity contribution >= 4 is 45.9 Å². The molecule has 13 heteroatoms. The molecular formula is C50H55FN2O10. The van der Waals surface area contributed by atoms with Gasteiger partial charge >= 0.3 is 11.9 Å². The lowest BCUT2D eigenvalue weighted by atomic mass is 9.44. The third kappa shape index (κ3) is 6.97. The van der Waals surface area contributed by atoms with Gasteiger partial charge in [-0.25, -0.2) is 4.39 Å². The molecule has 3 aromatic rings. The third-order valence-corrected chi connectivity index (χ3v) is 15.4. The molecule has 11 atom stereocenters. The van der Waals surface area contributed by atoms with Crippen LogP contribution < -0.4 is 11.1 Å². The number of Topliss-reactive ketones (excluding diaryl/α,β-unsaturated/α-hetero) is 1. The SMILES string of the molecule is CC1(C)O[C@@H]2C[C@H]3[C@@H]4CCC5=CC(=O)C=C[C@]5(C)[C@@]4(F)[C@@H](O)C[C@]3(C)[C@]2(C(=O)COC(=O)C2CC2C(=O)OCCc2ccc(C(CN)C(=O)Nc3ccc4ccccc4c3)cc2)O1. The largest absolute Gasteiger partial charge is 0.465 e. The minimum atomic E-state index is -2.10. The molecule has 5 aliphatic carbocycles. The number of fused-ring (bicyclic) bond motifs is 8. The molecule has 4 saturated carbocycles. The number of hydrogen-bond acceptors (Lipinski definition) is 11. The Hall–Kier alpha value is -5.08. The second-order valence-corrected chi connectivity index (χ2v) is 19.3. The summed E-state index contributed by atoms with van der Waals surface area (Å²) in [5, 5.41) is 16.9. The van der Waals surface area contributed by atoms with Crippen molar-refractivity contribution in [1.29, 1.82) is 0 Å².